The first-order chi connectivity index (χ1) is 7.63. The Hall–Kier alpha value is -0.880. The maximum Gasteiger partial charge on any atom is 0.187 e. The summed E-state index contributed by atoms with van der Waals surface area (Å²) in [4.78, 5) is 2.13. The molecule has 1 saturated heterocycles. The van der Waals surface area contributed by atoms with Crippen LogP contribution in [-0.4, -0.2) is 34.3 Å². The number of hydrazine groups is 1. The smallest absolute Gasteiger partial charge is 0.187 e. The number of nitrogens with zero attached hydrogens (tertiary/aromatic N) is 1. The van der Waals surface area contributed by atoms with Crippen LogP contribution in [0.25, 0.3) is 0 Å². The molecule has 0 bridgehead atoms. The van der Waals surface area contributed by atoms with Gasteiger partial charge in [-0.25, -0.2) is 0 Å². The zero-order valence-electron chi connectivity index (χ0n) is 9.45. The van der Waals surface area contributed by atoms with Gasteiger partial charge in [0.2, 0.25) is 0 Å². The van der Waals surface area contributed by atoms with Gasteiger partial charge in [-0.1, -0.05) is 6.08 Å². The molecular weight excluding hydrogens is 240 g/mol. The van der Waals surface area contributed by atoms with E-state index in [0.717, 1.165) is 13.1 Å². The van der Waals surface area contributed by atoms with E-state index in [9.17, 15) is 0 Å². The van der Waals surface area contributed by atoms with E-state index in [1.807, 2.05) is 6.92 Å². The molecule has 1 atom stereocenters. The van der Waals surface area contributed by atoms with Crippen LogP contribution in [0.4, 0.5) is 0 Å². The molecular formula is C10H18N4S2. The van der Waals surface area contributed by atoms with Crippen molar-refractivity contribution in [3.8, 4) is 0 Å². The molecule has 1 aliphatic rings. The van der Waals surface area contributed by atoms with E-state index in [4.69, 9.17) is 24.4 Å². The van der Waals surface area contributed by atoms with E-state index in [-0.39, 0.29) is 6.04 Å². The molecule has 1 fully saturated rings. The molecule has 0 aromatic heterocycles. The molecule has 1 heterocycles. The standard InChI is InChI=1S/C10H18N4S2/c1-3-8(2)11-9(15)12-13-10(16)14-6-4-5-7-14/h3,8H,1,4-7H2,2H3,(H,13,16)(H2,11,12,15)/t8-/m0/s1. The van der Waals surface area contributed by atoms with Crippen LogP contribution in [0.1, 0.15) is 19.8 Å². The van der Waals surface area contributed by atoms with Crippen LogP contribution in [0.3, 0.4) is 0 Å². The van der Waals surface area contributed by atoms with Gasteiger partial charge >= 0.3 is 0 Å². The van der Waals surface area contributed by atoms with Crippen molar-refractivity contribution in [1.29, 1.82) is 0 Å². The van der Waals surface area contributed by atoms with Gasteiger partial charge in [0, 0.05) is 19.1 Å². The van der Waals surface area contributed by atoms with Gasteiger partial charge in [0.05, 0.1) is 0 Å². The average Bonchev–Trinajstić information content (AvgIpc) is 2.79. The lowest BCUT2D eigenvalue weighted by molar-refractivity contribution is 0.502. The minimum Gasteiger partial charge on any atom is -0.355 e. The predicted octanol–water partition coefficient (Wildman–Crippen LogP) is 0.910. The van der Waals surface area contributed by atoms with Gasteiger partial charge in [-0.2, -0.15) is 0 Å². The molecule has 0 aliphatic carbocycles. The van der Waals surface area contributed by atoms with E-state index in [1.165, 1.54) is 12.8 Å². The van der Waals surface area contributed by atoms with E-state index < -0.39 is 0 Å². The van der Waals surface area contributed by atoms with Crippen molar-refractivity contribution in [3.05, 3.63) is 12.7 Å². The normalized spacial score (nSPS) is 16.4. The highest BCUT2D eigenvalue weighted by molar-refractivity contribution is 7.80. The van der Waals surface area contributed by atoms with Crippen molar-refractivity contribution in [1.82, 2.24) is 21.1 Å². The van der Waals surface area contributed by atoms with Gasteiger partial charge in [0.15, 0.2) is 10.2 Å². The van der Waals surface area contributed by atoms with Crippen molar-refractivity contribution in [2.75, 3.05) is 13.1 Å². The Labute approximate surface area is 107 Å². The lowest BCUT2D eigenvalue weighted by Crippen LogP contribution is -2.52. The molecule has 0 saturated carbocycles. The average molecular weight is 258 g/mol. The first kappa shape index (κ1) is 13.2. The lowest BCUT2D eigenvalue weighted by Gasteiger charge is -2.21. The van der Waals surface area contributed by atoms with Crippen LogP contribution in [0, 0.1) is 0 Å². The van der Waals surface area contributed by atoms with Crippen LogP contribution in [0.15, 0.2) is 12.7 Å². The first-order valence-electron chi connectivity index (χ1n) is 5.37. The van der Waals surface area contributed by atoms with Crippen molar-refractivity contribution in [3.63, 3.8) is 0 Å². The summed E-state index contributed by atoms with van der Waals surface area (Å²) in [7, 11) is 0. The summed E-state index contributed by atoms with van der Waals surface area (Å²) < 4.78 is 0. The van der Waals surface area contributed by atoms with Crippen molar-refractivity contribution < 1.29 is 0 Å². The van der Waals surface area contributed by atoms with Gasteiger partial charge in [-0.3, -0.25) is 10.9 Å². The van der Waals surface area contributed by atoms with E-state index in [0.29, 0.717) is 10.2 Å². The maximum atomic E-state index is 5.22. The Kier molecular flexibility index (Phi) is 5.48. The topological polar surface area (TPSA) is 39.3 Å². The fourth-order valence-electron chi connectivity index (χ4n) is 1.41. The Morgan fingerprint density at radius 2 is 1.94 bits per heavy atom. The van der Waals surface area contributed by atoms with Gasteiger partial charge in [-0.05, 0) is 44.2 Å². The van der Waals surface area contributed by atoms with Crippen LogP contribution in [0.5, 0.6) is 0 Å². The van der Waals surface area contributed by atoms with Crippen molar-refractivity contribution in [2.24, 2.45) is 0 Å². The first-order valence-corrected chi connectivity index (χ1v) is 6.19. The van der Waals surface area contributed by atoms with Gasteiger partial charge < -0.3 is 10.2 Å². The van der Waals surface area contributed by atoms with E-state index in [1.54, 1.807) is 6.08 Å². The summed E-state index contributed by atoms with van der Waals surface area (Å²) >= 11 is 10.3. The van der Waals surface area contributed by atoms with Crippen LogP contribution >= 0.6 is 24.4 Å². The molecule has 0 radical (unpaired) electrons. The molecule has 0 amide bonds. The maximum absolute atomic E-state index is 5.22. The molecule has 0 aromatic rings. The number of thiocarbonyl (C=S) groups is 2. The lowest BCUT2D eigenvalue weighted by atomic mass is 10.3. The van der Waals surface area contributed by atoms with Crippen LogP contribution in [0.2, 0.25) is 0 Å². The third kappa shape index (κ3) is 4.32. The van der Waals surface area contributed by atoms with Gasteiger partial charge in [0.1, 0.15) is 0 Å². The Bertz CT molecular complexity index is 274. The molecule has 0 spiro atoms. The molecule has 0 aromatic carbocycles. The minimum atomic E-state index is 0.141. The van der Waals surface area contributed by atoms with Crippen molar-refractivity contribution >= 4 is 34.7 Å². The summed E-state index contributed by atoms with van der Waals surface area (Å²) in [5, 5.41) is 4.26. The summed E-state index contributed by atoms with van der Waals surface area (Å²) in [6, 6.07) is 0.141. The Morgan fingerprint density at radius 1 is 1.31 bits per heavy atom. The molecule has 0 unspecified atom stereocenters. The number of hydrogen-bond donors (Lipinski definition) is 3. The van der Waals surface area contributed by atoms with Gasteiger partial charge in [-0.15, -0.1) is 6.58 Å². The zero-order chi connectivity index (χ0) is 12.0. The zero-order valence-corrected chi connectivity index (χ0v) is 11.1. The van der Waals surface area contributed by atoms with Crippen LogP contribution < -0.4 is 16.2 Å². The largest absolute Gasteiger partial charge is 0.355 e. The third-order valence-electron chi connectivity index (χ3n) is 2.39. The van der Waals surface area contributed by atoms with Gasteiger partial charge in [0.25, 0.3) is 0 Å². The molecule has 16 heavy (non-hydrogen) atoms. The minimum absolute atomic E-state index is 0.141. The SMILES string of the molecule is C=C[C@H](C)NC(=S)NNC(=S)N1CCCC1. The second-order valence-electron chi connectivity index (χ2n) is 3.75. The molecule has 1 rings (SSSR count). The molecule has 3 N–H and O–H groups in total. The van der Waals surface area contributed by atoms with E-state index >= 15 is 0 Å². The van der Waals surface area contributed by atoms with Crippen LogP contribution in [-0.2, 0) is 0 Å². The number of hydrogen-bond acceptors (Lipinski definition) is 2. The highest BCUT2D eigenvalue weighted by Gasteiger charge is 2.14. The second-order valence-corrected chi connectivity index (χ2v) is 4.54. The summed E-state index contributed by atoms with van der Waals surface area (Å²) in [5.74, 6) is 0. The summed E-state index contributed by atoms with van der Waals surface area (Å²) in [6.07, 6.45) is 4.20. The monoisotopic (exact) mass is 258 g/mol. The second kappa shape index (κ2) is 6.65. The third-order valence-corrected chi connectivity index (χ3v) is 2.97. The highest BCUT2D eigenvalue weighted by atomic mass is 32.1. The summed E-state index contributed by atoms with van der Waals surface area (Å²) in [6.45, 7) is 7.69. The highest BCUT2D eigenvalue weighted by Crippen LogP contribution is 2.06. The van der Waals surface area contributed by atoms with Crippen molar-refractivity contribution in [2.45, 2.75) is 25.8 Å². The molecule has 90 valence electrons. The predicted molar refractivity (Wildman–Crippen MR) is 75.1 cm³/mol. The fourth-order valence-corrected chi connectivity index (χ4v) is 1.88. The number of likely N-dealkylation sites (tertiary alicyclic amines) is 1. The van der Waals surface area contributed by atoms with E-state index in [2.05, 4.69) is 27.6 Å². The number of nitrogens with one attached hydrogen (secondary N) is 3. The Balaban J connectivity index is 2.20. The molecule has 1 aliphatic heterocycles. The summed E-state index contributed by atoms with van der Waals surface area (Å²) in [5.41, 5.74) is 5.79. The fraction of sp³-hybridized carbons (Fsp3) is 0.600. The quantitative estimate of drug-likeness (QED) is 0.388. The molecule has 4 nitrogen and oxygen atoms in total. The number of rotatable bonds is 2. The Morgan fingerprint density at radius 3 is 2.50 bits per heavy atom. The molecule has 6 heteroatoms.